The summed E-state index contributed by atoms with van der Waals surface area (Å²) in [5, 5.41) is 2.71. The Morgan fingerprint density at radius 2 is 1.88 bits per heavy atom. The van der Waals surface area contributed by atoms with E-state index >= 15 is 0 Å². The van der Waals surface area contributed by atoms with Gasteiger partial charge in [0.15, 0.2) is 0 Å². The van der Waals surface area contributed by atoms with Gasteiger partial charge in [0.1, 0.15) is 11.3 Å². The molecule has 0 spiro atoms. The number of carbonyl (C=O) groups excluding carboxylic acids is 1. The largest absolute Gasteiger partial charge is 0.320 e. The van der Waals surface area contributed by atoms with Crippen molar-refractivity contribution in [2.45, 2.75) is 20.3 Å². The molecule has 2 aromatic heterocycles. The number of aryl methyl sites for hydroxylation is 2. The van der Waals surface area contributed by atoms with Crippen LogP contribution in [0.4, 0.5) is 5.69 Å². The van der Waals surface area contributed by atoms with Gasteiger partial charge in [-0.15, -0.1) is 0 Å². The van der Waals surface area contributed by atoms with Crippen molar-refractivity contribution in [1.82, 2.24) is 9.38 Å². The normalized spacial score (nSPS) is 10.8. The summed E-state index contributed by atoms with van der Waals surface area (Å²) < 4.78 is 2.41. The van der Waals surface area contributed by atoms with Crippen LogP contribution < -0.4 is 10.9 Å². The Morgan fingerprint density at radius 3 is 2.58 bits per heavy atom. The van der Waals surface area contributed by atoms with E-state index in [0.29, 0.717) is 11.3 Å². The Hall–Kier alpha value is -2.47. The lowest BCUT2D eigenvalue weighted by molar-refractivity contribution is -0.115. The van der Waals surface area contributed by atoms with Crippen LogP contribution in [-0.4, -0.2) is 15.3 Å². The zero-order chi connectivity index (χ0) is 17.3. The SMILES string of the molecule is Cc1ccc2nc(C)c(NC(=O)Cc3ccc(Br)cc3)c(=O)n2c1. The van der Waals surface area contributed by atoms with Crippen LogP contribution >= 0.6 is 15.9 Å². The zero-order valence-corrected chi connectivity index (χ0v) is 14.9. The van der Waals surface area contributed by atoms with Crippen molar-refractivity contribution in [3.05, 3.63) is 74.2 Å². The second kappa shape index (κ2) is 6.57. The summed E-state index contributed by atoms with van der Waals surface area (Å²) in [5.41, 5.74) is 2.84. The van der Waals surface area contributed by atoms with Crippen molar-refractivity contribution in [1.29, 1.82) is 0 Å². The van der Waals surface area contributed by atoms with Gasteiger partial charge in [-0.1, -0.05) is 34.1 Å². The lowest BCUT2D eigenvalue weighted by atomic mass is 10.1. The minimum Gasteiger partial charge on any atom is -0.320 e. The van der Waals surface area contributed by atoms with E-state index in [1.54, 1.807) is 19.2 Å². The minimum atomic E-state index is -0.273. The fraction of sp³-hybridized carbons (Fsp3) is 0.167. The predicted molar refractivity (Wildman–Crippen MR) is 97.4 cm³/mol. The lowest BCUT2D eigenvalue weighted by Gasteiger charge is -2.10. The third-order valence-electron chi connectivity index (χ3n) is 3.69. The van der Waals surface area contributed by atoms with E-state index in [1.165, 1.54) is 4.40 Å². The minimum absolute atomic E-state index is 0.197. The molecule has 0 saturated carbocycles. The summed E-state index contributed by atoms with van der Waals surface area (Å²) in [5.74, 6) is -0.244. The number of pyridine rings is 1. The first-order valence-corrected chi connectivity index (χ1v) is 8.27. The number of hydrogen-bond donors (Lipinski definition) is 1. The van der Waals surface area contributed by atoms with Crippen LogP contribution in [0.2, 0.25) is 0 Å². The van der Waals surface area contributed by atoms with Gasteiger partial charge in [-0.25, -0.2) is 4.98 Å². The van der Waals surface area contributed by atoms with Crippen LogP contribution in [0.1, 0.15) is 16.8 Å². The Balaban J connectivity index is 1.90. The molecule has 0 saturated heterocycles. The molecule has 0 unspecified atom stereocenters. The summed E-state index contributed by atoms with van der Waals surface area (Å²) in [6, 6.07) is 11.2. The fourth-order valence-corrected chi connectivity index (χ4v) is 2.74. The van der Waals surface area contributed by atoms with Crippen LogP contribution in [0, 0.1) is 13.8 Å². The van der Waals surface area contributed by atoms with Crippen molar-refractivity contribution >= 4 is 33.2 Å². The molecule has 0 aliphatic rings. The maximum atomic E-state index is 12.6. The highest BCUT2D eigenvalue weighted by Gasteiger charge is 2.13. The number of rotatable bonds is 3. The number of anilines is 1. The van der Waals surface area contributed by atoms with Crippen molar-refractivity contribution in [3.8, 4) is 0 Å². The van der Waals surface area contributed by atoms with Gasteiger partial charge in [0.2, 0.25) is 5.91 Å². The van der Waals surface area contributed by atoms with Gasteiger partial charge < -0.3 is 5.32 Å². The molecule has 0 aliphatic heterocycles. The molecular formula is C18H16BrN3O2. The highest BCUT2D eigenvalue weighted by molar-refractivity contribution is 9.10. The first kappa shape index (κ1) is 16.4. The summed E-state index contributed by atoms with van der Waals surface area (Å²) in [6.07, 6.45) is 1.91. The topological polar surface area (TPSA) is 63.5 Å². The predicted octanol–water partition coefficient (Wildman–Crippen LogP) is 3.26. The first-order valence-electron chi connectivity index (χ1n) is 7.48. The molecule has 5 nitrogen and oxygen atoms in total. The molecule has 0 radical (unpaired) electrons. The molecule has 1 aromatic carbocycles. The fourth-order valence-electron chi connectivity index (χ4n) is 2.47. The second-order valence-electron chi connectivity index (χ2n) is 5.66. The van der Waals surface area contributed by atoms with Gasteiger partial charge in [0.25, 0.3) is 5.56 Å². The van der Waals surface area contributed by atoms with E-state index < -0.39 is 0 Å². The molecule has 1 N–H and O–H groups in total. The van der Waals surface area contributed by atoms with Gasteiger partial charge in [-0.2, -0.15) is 0 Å². The molecule has 1 amide bonds. The molecule has 0 aliphatic carbocycles. The summed E-state index contributed by atoms with van der Waals surface area (Å²) >= 11 is 3.36. The molecule has 6 heteroatoms. The number of nitrogens with one attached hydrogen (secondary N) is 1. The zero-order valence-electron chi connectivity index (χ0n) is 13.3. The Bertz CT molecular complexity index is 978. The van der Waals surface area contributed by atoms with Gasteiger partial charge in [0.05, 0.1) is 12.1 Å². The second-order valence-corrected chi connectivity index (χ2v) is 6.58. The van der Waals surface area contributed by atoms with E-state index in [1.807, 2.05) is 37.3 Å². The highest BCUT2D eigenvalue weighted by Crippen LogP contribution is 2.13. The number of hydrogen-bond acceptors (Lipinski definition) is 3. The third kappa shape index (κ3) is 3.38. The third-order valence-corrected chi connectivity index (χ3v) is 4.22. The van der Waals surface area contributed by atoms with Crippen LogP contribution in [-0.2, 0) is 11.2 Å². The van der Waals surface area contributed by atoms with Gasteiger partial charge in [0, 0.05) is 10.7 Å². The molecule has 3 aromatic rings. The standard InChI is InChI=1S/C18H16BrN3O2/c1-11-3-8-15-20-12(2)17(18(24)22(15)10-11)21-16(23)9-13-4-6-14(19)7-5-13/h3-8,10H,9H2,1-2H3,(H,21,23). The van der Waals surface area contributed by atoms with Gasteiger partial charge >= 0.3 is 0 Å². The number of halogens is 1. The number of amides is 1. The van der Waals surface area contributed by atoms with E-state index in [-0.39, 0.29) is 23.6 Å². The number of benzene rings is 1. The Morgan fingerprint density at radius 1 is 1.17 bits per heavy atom. The number of fused-ring (bicyclic) bond motifs is 1. The van der Waals surface area contributed by atoms with Crippen LogP contribution in [0.25, 0.3) is 5.65 Å². The van der Waals surface area contributed by atoms with E-state index in [9.17, 15) is 9.59 Å². The average Bonchev–Trinajstić information content (AvgIpc) is 2.54. The van der Waals surface area contributed by atoms with Crippen LogP contribution in [0.3, 0.4) is 0 Å². The molecule has 0 atom stereocenters. The Labute approximate surface area is 147 Å². The van der Waals surface area contributed by atoms with Crippen molar-refractivity contribution in [3.63, 3.8) is 0 Å². The number of nitrogens with zero attached hydrogens (tertiary/aromatic N) is 2. The highest BCUT2D eigenvalue weighted by atomic mass is 79.9. The first-order chi connectivity index (χ1) is 11.4. The lowest BCUT2D eigenvalue weighted by Crippen LogP contribution is -2.26. The van der Waals surface area contributed by atoms with E-state index in [2.05, 4.69) is 26.2 Å². The molecule has 0 bridgehead atoms. The quantitative estimate of drug-likeness (QED) is 0.752. The summed E-state index contributed by atoms with van der Waals surface area (Å²) in [4.78, 5) is 29.3. The molecule has 3 rings (SSSR count). The number of carbonyl (C=O) groups is 1. The molecule has 24 heavy (non-hydrogen) atoms. The number of aromatic nitrogens is 2. The van der Waals surface area contributed by atoms with Crippen molar-refractivity contribution < 1.29 is 4.79 Å². The van der Waals surface area contributed by atoms with Crippen LogP contribution in [0.5, 0.6) is 0 Å². The Kier molecular flexibility index (Phi) is 4.49. The molecule has 0 fully saturated rings. The smallest absolute Gasteiger partial charge is 0.281 e. The van der Waals surface area contributed by atoms with E-state index in [0.717, 1.165) is 15.6 Å². The van der Waals surface area contributed by atoms with E-state index in [4.69, 9.17) is 0 Å². The molecular weight excluding hydrogens is 370 g/mol. The molecule has 2 heterocycles. The average molecular weight is 386 g/mol. The summed E-state index contributed by atoms with van der Waals surface area (Å²) in [7, 11) is 0. The molecule has 122 valence electrons. The monoisotopic (exact) mass is 385 g/mol. The van der Waals surface area contributed by atoms with Crippen molar-refractivity contribution in [2.75, 3.05) is 5.32 Å². The van der Waals surface area contributed by atoms with Crippen LogP contribution in [0.15, 0.2) is 51.9 Å². The maximum absolute atomic E-state index is 12.6. The van der Waals surface area contributed by atoms with Gasteiger partial charge in [-0.3, -0.25) is 14.0 Å². The maximum Gasteiger partial charge on any atom is 0.281 e. The summed E-state index contributed by atoms with van der Waals surface area (Å²) in [6.45, 7) is 3.62. The van der Waals surface area contributed by atoms with Gasteiger partial charge in [-0.05, 0) is 43.2 Å². The van der Waals surface area contributed by atoms with Crippen molar-refractivity contribution in [2.24, 2.45) is 0 Å².